The van der Waals surface area contributed by atoms with Gasteiger partial charge in [-0.05, 0) is 37.6 Å². The minimum Gasteiger partial charge on any atom is -0.462 e. The van der Waals surface area contributed by atoms with E-state index in [0.29, 0.717) is 5.56 Å². The molecular weight excluding hydrogens is 404 g/mol. The monoisotopic (exact) mass is 426 g/mol. The Morgan fingerprint density at radius 3 is 2.29 bits per heavy atom. The van der Waals surface area contributed by atoms with E-state index in [9.17, 15) is 18.0 Å². The zero-order valence-corrected chi connectivity index (χ0v) is 17.4. The highest BCUT2D eigenvalue weighted by Gasteiger charge is 2.30. The first-order valence-electron chi connectivity index (χ1n) is 8.24. The van der Waals surface area contributed by atoms with E-state index in [-0.39, 0.29) is 35.2 Å². The lowest BCUT2D eigenvalue weighted by Gasteiger charge is -2.24. The van der Waals surface area contributed by atoms with Crippen molar-refractivity contribution < 1.29 is 22.7 Å². The van der Waals surface area contributed by atoms with Gasteiger partial charge in [0.05, 0.1) is 17.1 Å². The lowest BCUT2D eigenvalue weighted by Crippen LogP contribution is -2.45. The van der Waals surface area contributed by atoms with E-state index in [2.05, 4.69) is 5.32 Å². The topological polar surface area (TPSA) is 116 Å². The van der Waals surface area contributed by atoms with Gasteiger partial charge in [0.1, 0.15) is 5.54 Å². The van der Waals surface area contributed by atoms with Gasteiger partial charge in [-0.3, -0.25) is 4.79 Å². The van der Waals surface area contributed by atoms with Gasteiger partial charge in [0.2, 0.25) is 5.91 Å². The summed E-state index contributed by atoms with van der Waals surface area (Å²) >= 11 is 0. The lowest BCUT2D eigenvalue weighted by molar-refractivity contribution is -0.120. The Kier molecular flexibility index (Phi) is 7.75. The fourth-order valence-electron chi connectivity index (χ4n) is 2.39. The first-order chi connectivity index (χ1) is 12.6. The van der Waals surface area contributed by atoms with E-state index in [1.54, 1.807) is 44.2 Å². The minimum absolute atomic E-state index is 0. The number of amides is 1. The summed E-state index contributed by atoms with van der Waals surface area (Å²) in [5.41, 5.74) is 5.57. The molecule has 0 aliphatic heterocycles. The number of esters is 1. The zero-order valence-electron chi connectivity index (χ0n) is 15.8. The molecule has 7 nitrogen and oxygen atoms in total. The molecule has 0 aliphatic rings. The molecule has 0 saturated heterocycles. The van der Waals surface area contributed by atoms with E-state index >= 15 is 0 Å². The van der Waals surface area contributed by atoms with Crippen molar-refractivity contribution >= 4 is 39.8 Å². The molecule has 2 aromatic rings. The van der Waals surface area contributed by atoms with Crippen molar-refractivity contribution in [3.05, 3.63) is 59.7 Å². The second-order valence-electron chi connectivity index (χ2n) is 6.26. The summed E-state index contributed by atoms with van der Waals surface area (Å²) in [4.78, 5) is 24.6. The molecule has 0 fully saturated rings. The van der Waals surface area contributed by atoms with Crippen LogP contribution in [0.3, 0.4) is 0 Å². The zero-order chi connectivity index (χ0) is 20.2. The molecule has 0 bridgehead atoms. The highest BCUT2D eigenvalue weighted by Crippen LogP contribution is 2.23. The number of benzene rings is 2. The van der Waals surface area contributed by atoms with Crippen molar-refractivity contribution in [3.8, 4) is 0 Å². The largest absolute Gasteiger partial charge is 0.462 e. The fraction of sp³-hybridized carbons (Fsp3) is 0.263. The molecule has 0 spiro atoms. The van der Waals surface area contributed by atoms with Crippen molar-refractivity contribution in [1.82, 2.24) is 0 Å². The molecule has 1 atom stereocenters. The molecule has 0 saturated carbocycles. The molecule has 0 aliphatic carbocycles. The number of nitrogens with one attached hydrogen (secondary N) is 1. The van der Waals surface area contributed by atoms with Crippen molar-refractivity contribution in [3.63, 3.8) is 0 Å². The first kappa shape index (κ1) is 23.6. The van der Waals surface area contributed by atoms with Gasteiger partial charge in [-0.1, -0.05) is 30.3 Å². The summed E-state index contributed by atoms with van der Waals surface area (Å²) in [7, 11) is -3.61. The molecule has 1 unspecified atom stereocenters. The number of halogens is 1. The fourth-order valence-corrected chi connectivity index (χ4v) is 3.08. The SMILES string of the molecule is CCOC(=O)c1cc(NC(=O)C(C)(N)c2ccccc2)cc(S(C)(=O)=O)c1.Cl. The van der Waals surface area contributed by atoms with Gasteiger partial charge in [-0.25, -0.2) is 13.2 Å². The predicted octanol–water partition coefficient (Wildman–Crippen LogP) is 2.50. The number of carbonyl (C=O) groups is 2. The van der Waals surface area contributed by atoms with Crippen LogP contribution in [-0.2, 0) is 24.9 Å². The summed E-state index contributed by atoms with van der Waals surface area (Å²) < 4.78 is 28.8. The van der Waals surface area contributed by atoms with Crippen LogP contribution in [0.25, 0.3) is 0 Å². The standard InChI is InChI=1S/C19H22N2O5S.ClH/c1-4-26-17(22)13-10-15(12-16(11-13)27(3,24)25)21-18(23)19(2,20)14-8-6-5-7-9-14;/h5-12H,4,20H2,1-3H3,(H,21,23);1H. The summed E-state index contributed by atoms with van der Waals surface area (Å²) in [6.45, 7) is 3.32. The van der Waals surface area contributed by atoms with Gasteiger partial charge in [-0.2, -0.15) is 0 Å². The van der Waals surface area contributed by atoms with Gasteiger partial charge in [0, 0.05) is 11.9 Å². The summed E-state index contributed by atoms with van der Waals surface area (Å²) in [5.74, 6) is -1.23. The number of nitrogens with two attached hydrogens (primary N) is 1. The number of anilines is 1. The van der Waals surface area contributed by atoms with Gasteiger partial charge in [0.25, 0.3) is 0 Å². The second-order valence-corrected chi connectivity index (χ2v) is 8.28. The van der Waals surface area contributed by atoms with Crippen molar-refractivity contribution in [1.29, 1.82) is 0 Å². The maximum atomic E-state index is 12.7. The molecule has 2 rings (SSSR count). The summed E-state index contributed by atoms with van der Waals surface area (Å²) in [5, 5.41) is 2.59. The number of sulfone groups is 1. The van der Waals surface area contributed by atoms with Crippen LogP contribution >= 0.6 is 12.4 Å². The molecule has 9 heteroatoms. The predicted molar refractivity (Wildman–Crippen MR) is 109 cm³/mol. The molecular formula is C19H23ClN2O5S. The Morgan fingerprint density at radius 2 is 1.75 bits per heavy atom. The van der Waals surface area contributed by atoms with Crippen LogP contribution < -0.4 is 11.1 Å². The molecule has 0 aromatic heterocycles. The van der Waals surface area contributed by atoms with Gasteiger partial charge < -0.3 is 15.8 Å². The highest BCUT2D eigenvalue weighted by atomic mass is 35.5. The summed E-state index contributed by atoms with van der Waals surface area (Å²) in [6, 6.07) is 12.6. The Hall–Kier alpha value is -2.42. The van der Waals surface area contributed by atoms with Crippen LogP contribution in [0.1, 0.15) is 29.8 Å². The average Bonchev–Trinajstić information content (AvgIpc) is 2.61. The minimum atomic E-state index is -3.61. The molecule has 0 heterocycles. The average molecular weight is 427 g/mol. The van der Waals surface area contributed by atoms with Crippen LogP contribution in [0, 0.1) is 0 Å². The summed E-state index contributed by atoms with van der Waals surface area (Å²) in [6.07, 6.45) is 1.01. The Balaban J connectivity index is 0.00000392. The smallest absolute Gasteiger partial charge is 0.338 e. The van der Waals surface area contributed by atoms with Crippen LogP contribution in [0.4, 0.5) is 5.69 Å². The van der Waals surface area contributed by atoms with Gasteiger partial charge in [0.15, 0.2) is 9.84 Å². The lowest BCUT2D eigenvalue weighted by atomic mass is 9.92. The van der Waals surface area contributed by atoms with Crippen LogP contribution in [-0.4, -0.2) is 33.2 Å². The third kappa shape index (κ3) is 5.54. The molecule has 0 radical (unpaired) electrons. The number of ether oxygens (including phenoxy) is 1. The molecule has 3 N–H and O–H groups in total. The third-order valence-corrected chi connectivity index (χ3v) is 5.04. The van der Waals surface area contributed by atoms with E-state index in [1.165, 1.54) is 18.2 Å². The van der Waals surface area contributed by atoms with Gasteiger partial charge >= 0.3 is 5.97 Å². The van der Waals surface area contributed by atoms with Crippen molar-refractivity contribution in [2.75, 3.05) is 18.2 Å². The quantitative estimate of drug-likeness (QED) is 0.685. The van der Waals surface area contributed by atoms with E-state index in [4.69, 9.17) is 10.5 Å². The van der Waals surface area contributed by atoms with Crippen LogP contribution in [0.2, 0.25) is 0 Å². The van der Waals surface area contributed by atoms with E-state index in [0.717, 1.165) is 6.26 Å². The number of rotatable bonds is 6. The molecule has 1 amide bonds. The van der Waals surface area contributed by atoms with E-state index in [1.807, 2.05) is 0 Å². The number of hydrogen-bond acceptors (Lipinski definition) is 6. The third-order valence-electron chi connectivity index (χ3n) is 3.95. The molecule has 152 valence electrons. The maximum absolute atomic E-state index is 12.7. The Bertz CT molecular complexity index is 960. The van der Waals surface area contributed by atoms with Crippen LogP contribution in [0.15, 0.2) is 53.4 Å². The van der Waals surface area contributed by atoms with Crippen LogP contribution in [0.5, 0.6) is 0 Å². The Morgan fingerprint density at radius 1 is 1.14 bits per heavy atom. The molecule has 2 aromatic carbocycles. The van der Waals surface area contributed by atoms with E-state index < -0.39 is 27.3 Å². The Labute approximate surface area is 170 Å². The van der Waals surface area contributed by atoms with Crippen molar-refractivity contribution in [2.24, 2.45) is 5.73 Å². The number of carbonyl (C=O) groups excluding carboxylic acids is 2. The maximum Gasteiger partial charge on any atom is 0.338 e. The second kappa shape index (κ2) is 9.18. The normalized spacial score (nSPS) is 13.0. The van der Waals surface area contributed by atoms with Gasteiger partial charge in [-0.15, -0.1) is 12.4 Å². The first-order valence-corrected chi connectivity index (χ1v) is 10.1. The molecule has 28 heavy (non-hydrogen) atoms. The highest BCUT2D eigenvalue weighted by molar-refractivity contribution is 7.90. The van der Waals surface area contributed by atoms with Crippen molar-refractivity contribution in [2.45, 2.75) is 24.3 Å². The number of hydrogen-bond donors (Lipinski definition) is 2.